The second kappa shape index (κ2) is 6.20. The molecule has 0 heterocycles. The summed E-state index contributed by atoms with van der Waals surface area (Å²) in [4.78, 5) is 0.728. The largest absolute Gasteiger partial charge is 0.497 e. The van der Waals surface area contributed by atoms with Crippen molar-refractivity contribution in [3.8, 4) is 5.75 Å². The van der Waals surface area contributed by atoms with Gasteiger partial charge in [-0.25, -0.2) is 4.21 Å². The lowest BCUT2D eigenvalue weighted by atomic mass is 10.2. The third-order valence-electron chi connectivity index (χ3n) is 2.66. The summed E-state index contributed by atoms with van der Waals surface area (Å²) in [6, 6.07) is 14.6. The lowest BCUT2D eigenvalue weighted by Crippen LogP contribution is -1.90. The van der Waals surface area contributed by atoms with Gasteiger partial charge in [0.2, 0.25) is 0 Å². The minimum absolute atomic E-state index is 0.672. The highest BCUT2D eigenvalue weighted by molar-refractivity contribution is 7.88. The van der Waals surface area contributed by atoms with Crippen LogP contribution in [0.2, 0.25) is 0 Å². The van der Waals surface area contributed by atoms with E-state index in [1.165, 1.54) is 0 Å². The fourth-order valence-corrected chi connectivity index (χ4v) is 2.42. The number of nitrogen functional groups attached to an aromatic ring is 1. The standard InChI is InChI=1S/C15H15NO2S/c1-18-13-6-8-14(9-7-13)19(17)11-10-12-4-2-3-5-15(12)16/h2-11H,16H2,1H3/b11-10+. The SMILES string of the molecule is COc1ccc(S(=O)/C=C/c2ccccc2N)cc1. The highest BCUT2D eigenvalue weighted by Crippen LogP contribution is 2.17. The van der Waals surface area contributed by atoms with Gasteiger partial charge in [0.1, 0.15) is 5.75 Å². The first-order chi connectivity index (χ1) is 9.20. The molecule has 0 aliphatic carbocycles. The molecular weight excluding hydrogens is 258 g/mol. The first kappa shape index (κ1) is 13.4. The van der Waals surface area contributed by atoms with Crippen molar-refractivity contribution in [3.05, 3.63) is 59.5 Å². The Balaban J connectivity index is 2.14. The molecule has 3 nitrogen and oxygen atoms in total. The molecule has 2 aromatic rings. The number of hydrogen-bond donors (Lipinski definition) is 1. The molecule has 0 saturated heterocycles. The fraction of sp³-hybridized carbons (Fsp3) is 0.0667. The van der Waals surface area contributed by atoms with Crippen LogP contribution in [0.3, 0.4) is 0 Å². The number of para-hydroxylation sites is 1. The maximum Gasteiger partial charge on any atom is 0.118 e. The first-order valence-corrected chi connectivity index (χ1v) is 6.99. The van der Waals surface area contributed by atoms with Crippen LogP contribution in [0.1, 0.15) is 5.56 Å². The lowest BCUT2D eigenvalue weighted by Gasteiger charge is -2.01. The molecule has 2 aromatic carbocycles. The number of hydrogen-bond acceptors (Lipinski definition) is 3. The Hall–Kier alpha value is -2.07. The Morgan fingerprint density at radius 2 is 1.79 bits per heavy atom. The molecule has 0 bridgehead atoms. The molecule has 0 fully saturated rings. The van der Waals surface area contributed by atoms with Crippen molar-refractivity contribution in [1.82, 2.24) is 0 Å². The lowest BCUT2D eigenvalue weighted by molar-refractivity contribution is 0.414. The van der Waals surface area contributed by atoms with Crippen molar-refractivity contribution in [1.29, 1.82) is 0 Å². The van der Waals surface area contributed by atoms with Crippen LogP contribution in [0.5, 0.6) is 5.75 Å². The Morgan fingerprint density at radius 1 is 1.11 bits per heavy atom. The molecule has 0 aliphatic rings. The zero-order valence-corrected chi connectivity index (χ0v) is 11.4. The van der Waals surface area contributed by atoms with Gasteiger partial charge in [-0.2, -0.15) is 0 Å². The van der Waals surface area contributed by atoms with Crippen LogP contribution in [0, 0.1) is 0 Å². The average Bonchev–Trinajstić information content (AvgIpc) is 2.46. The van der Waals surface area contributed by atoms with Crippen molar-refractivity contribution in [2.45, 2.75) is 4.90 Å². The van der Waals surface area contributed by atoms with E-state index < -0.39 is 10.8 Å². The fourth-order valence-electron chi connectivity index (χ4n) is 1.59. The van der Waals surface area contributed by atoms with Gasteiger partial charge in [0.25, 0.3) is 0 Å². The highest BCUT2D eigenvalue weighted by Gasteiger charge is 2.00. The number of anilines is 1. The molecule has 1 unspecified atom stereocenters. The van der Waals surface area contributed by atoms with E-state index in [9.17, 15) is 4.21 Å². The van der Waals surface area contributed by atoms with Gasteiger partial charge >= 0.3 is 0 Å². The molecule has 4 heteroatoms. The second-order valence-electron chi connectivity index (χ2n) is 3.90. The third kappa shape index (κ3) is 3.45. The number of methoxy groups -OCH3 is 1. The summed E-state index contributed by atoms with van der Waals surface area (Å²) < 4.78 is 17.1. The molecule has 0 saturated carbocycles. The minimum atomic E-state index is -1.19. The topological polar surface area (TPSA) is 52.3 Å². The van der Waals surface area contributed by atoms with Crippen LogP contribution in [0.4, 0.5) is 5.69 Å². The molecule has 0 amide bonds. The highest BCUT2D eigenvalue weighted by atomic mass is 32.2. The van der Waals surface area contributed by atoms with Crippen LogP contribution in [-0.2, 0) is 10.8 Å². The number of benzene rings is 2. The minimum Gasteiger partial charge on any atom is -0.497 e. The average molecular weight is 273 g/mol. The maximum absolute atomic E-state index is 12.1. The molecule has 2 rings (SSSR count). The summed E-state index contributed by atoms with van der Waals surface area (Å²) in [5, 5.41) is 1.63. The van der Waals surface area contributed by atoms with E-state index in [-0.39, 0.29) is 0 Å². The van der Waals surface area contributed by atoms with Gasteiger partial charge in [0.05, 0.1) is 17.9 Å². The number of ether oxygens (including phenoxy) is 1. The van der Waals surface area contributed by atoms with E-state index >= 15 is 0 Å². The summed E-state index contributed by atoms with van der Waals surface area (Å²) in [5.41, 5.74) is 7.35. The Labute approximate surface area is 115 Å². The van der Waals surface area contributed by atoms with Crippen molar-refractivity contribution < 1.29 is 8.95 Å². The molecule has 19 heavy (non-hydrogen) atoms. The van der Waals surface area contributed by atoms with Crippen LogP contribution >= 0.6 is 0 Å². The van der Waals surface area contributed by atoms with Crippen LogP contribution < -0.4 is 10.5 Å². The first-order valence-electron chi connectivity index (χ1n) is 5.78. The van der Waals surface area contributed by atoms with Gasteiger partial charge in [-0.15, -0.1) is 0 Å². The van der Waals surface area contributed by atoms with Crippen LogP contribution in [0.15, 0.2) is 58.8 Å². The van der Waals surface area contributed by atoms with E-state index in [2.05, 4.69) is 0 Å². The monoisotopic (exact) mass is 273 g/mol. The van der Waals surface area contributed by atoms with Gasteiger partial charge in [-0.1, -0.05) is 18.2 Å². The Bertz CT molecular complexity index is 606. The van der Waals surface area contributed by atoms with Crippen molar-refractivity contribution >= 4 is 22.6 Å². The van der Waals surface area contributed by atoms with Crippen molar-refractivity contribution in [2.24, 2.45) is 0 Å². The van der Waals surface area contributed by atoms with E-state index in [0.29, 0.717) is 5.69 Å². The van der Waals surface area contributed by atoms with Gasteiger partial charge in [-0.3, -0.25) is 0 Å². The molecule has 0 spiro atoms. The van der Waals surface area contributed by atoms with Crippen LogP contribution in [0.25, 0.3) is 6.08 Å². The zero-order valence-electron chi connectivity index (χ0n) is 10.6. The quantitative estimate of drug-likeness (QED) is 0.871. The smallest absolute Gasteiger partial charge is 0.118 e. The summed E-state index contributed by atoms with van der Waals surface area (Å²) in [6.45, 7) is 0. The molecule has 2 N–H and O–H groups in total. The van der Waals surface area contributed by atoms with E-state index in [0.717, 1.165) is 16.2 Å². The Morgan fingerprint density at radius 3 is 2.42 bits per heavy atom. The normalized spacial score (nSPS) is 12.5. The molecule has 1 atom stereocenters. The zero-order chi connectivity index (χ0) is 13.7. The van der Waals surface area contributed by atoms with Crippen molar-refractivity contribution in [2.75, 3.05) is 12.8 Å². The summed E-state index contributed by atoms with van der Waals surface area (Å²) in [7, 11) is 0.407. The van der Waals surface area contributed by atoms with Gasteiger partial charge in [-0.05, 0) is 42.0 Å². The summed E-state index contributed by atoms with van der Waals surface area (Å²) in [5.74, 6) is 0.747. The van der Waals surface area contributed by atoms with Gasteiger partial charge in [0, 0.05) is 16.0 Å². The summed E-state index contributed by atoms with van der Waals surface area (Å²) >= 11 is 0. The summed E-state index contributed by atoms with van der Waals surface area (Å²) in [6.07, 6.45) is 1.77. The van der Waals surface area contributed by atoms with E-state index in [1.807, 2.05) is 24.3 Å². The third-order valence-corrected chi connectivity index (χ3v) is 3.78. The van der Waals surface area contributed by atoms with Gasteiger partial charge < -0.3 is 10.5 Å². The second-order valence-corrected chi connectivity index (χ2v) is 5.24. The molecular formula is C15H15NO2S. The molecule has 0 aromatic heterocycles. The number of nitrogens with two attached hydrogens (primary N) is 1. The molecule has 0 aliphatic heterocycles. The maximum atomic E-state index is 12.1. The number of rotatable bonds is 4. The molecule has 98 valence electrons. The Kier molecular flexibility index (Phi) is 4.36. The molecule has 0 radical (unpaired) electrons. The van der Waals surface area contributed by atoms with E-state index in [1.54, 1.807) is 42.9 Å². The predicted molar refractivity (Wildman–Crippen MR) is 79.3 cm³/mol. The van der Waals surface area contributed by atoms with E-state index in [4.69, 9.17) is 10.5 Å². The van der Waals surface area contributed by atoms with Gasteiger partial charge in [0.15, 0.2) is 0 Å². The predicted octanol–water partition coefficient (Wildman–Crippen LogP) is 3.06. The van der Waals surface area contributed by atoms with Crippen molar-refractivity contribution in [3.63, 3.8) is 0 Å². The van der Waals surface area contributed by atoms with Crippen LogP contribution in [-0.4, -0.2) is 11.3 Å².